The highest BCUT2D eigenvalue weighted by Crippen LogP contribution is 2.14. The number of nitrogens with zero attached hydrogens (tertiary/aromatic N) is 4. The largest absolute Gasteiger partial charge is 0.354 e. The molecule has 2 heterocycles. The van der Waals surface area contributed by atoms with E-state index in [0.29, 0.717) is 0 Å². The molecule has 1 aliphatic heterocycles. The fourth-order valence-corrected chi connectivity index (χ4v) is 2.97. The van der Waals surface area contributed by atoms with E-state index in [1.807, 2.05) is 6.92 Å². The quantitative estimate of drug-likeness (QED) is 0.849. The first-order valence-electron chi connectivity index (χ1n) is 8.11. The second-order valence-corrected chi connectivity index (χ2v) is 5.94. The van der Waals surface area contributed by atoms with Crippen molar-refractivity contribution >= 4 is 5.82 Å². The molecule has 2 aromatic rings. The maximum Gasteiger partial charge on any atom is 0.132 e. The molecule has 3 rings (SSSR count). The molecule has 0 amide bonds. The van der Waals surface area contributed by atoms with Crippen LogP contribution in [0.4, 0.5) is 5.82 Å². The van der Waals surface area contributed by atoms with Crippen molar-refractivity contribution < 1.29 is 0 Å². The summed E-state index contributed by atoms with van der Waals surface area (Å²) in [6, 6.07) is 12.8. The van der Waals surface area contributed by atoms with Crippen LogP contribution in [0, 0.1) is 6.92 Å². The maximum atomic E-state index is 4.39. The second-order valence-electron chi connectivity index (χ2n) is 5.94. The molecule has 22 heavy (non-hydrogen) atoms. The topological polar surface area (TPSA) is 32.3 Å². The van der Waals surface area contributed by atoms with Crippen LogP contribution in [0.25, 0.3) is 0 Å². The van der Waals surface area contributed by atoms with Crippen molar-refractivity contribution in [2.24, 2.45) is 0 Å². The first kappa shape index (κ1) is 15.0. The van der Waals surface area contributed by atoms with Crippen LogP contribution in [0.3, 0.4) is 0 Å². The highest BCUT2D eigenvalue weighted by atomic mass is 15.3. The van der Waals surface area contributed by atoms with Gasteiger partial charge < -0.3 is 4.90 Å². The van der Waals surface area contributed by atoms with Gasteiger partial charge in [-0.1, -0.05) is 30.3 Å². The van der Waals surface area contributed by atoms with E-state index in [1.54, 1.807) is 6.33 Å². The fourth-order valence-electron chi connectivity index (χ4n) is 2.97. The van der Waals surface area contributed by atoms with E-state index in [-0.39, 0.29) is 0 Å². The van der Waals surface area contributed by atoms with E-state index in [4.69, 9.17) is 0 Å². The molecule has 0 radical (unpaired) electrons. The zero-order valence-corrected chi connectivity index (χ0v) is 13.3. The minimum atomic E-state index is 1.04. The number of aryl methyl sites for hydroxylation is 2. The summed E-state index contributed by atoms with van der Waals surface area (Å²) in [6.07, 6.45) is 4.07. The Balaban J connectivity index is 1.42. The van der Waals surface area contributed by atoms with Gasteiger partial charge in [-0.25, -0.2) is 9.97 Å². The first-order valence-corrected chi connectivity index (χ1v) is 8.11. The average Bonchev–Trinajstić information content (AvgIpc) is 2.56. The molecule has 1 fully saturated rings. The minimum absolute atomic E-state index is 1.04. The fraction of sp³-hybridized carbons (Fsp3) is 0.444. The van der Waals surface area contributed by atoms with E-state index in [2.05, 4.69) is 56.2 Å². The van der Waals surface area contributed by atoms with Crippen molar-refractivity contribution in [3.05, 3.63) is 54.0 Å². The van der Waals surface area contributed by atoms with Crippen molar-refractivity contribution in [1.29, 1.82) is 0 Å². The Morgan fingerprint density at radius 1 is 1.00 bits per heavy atom. The number of benzene rings is 1. The lowest BCUT2D eigenvalue weighted by atomic mass is 10.1. The molecule has 4 heteroatoms. The van der Waals surface area contributed by atoms with Crippen molar-refractivity contribution in [3.63, 3.8) is 0 Å². The zero-order valence-electron chi connectivity index (χ0n) is 13.3. The zero-order chi connectivity index (χ0) is 15.2. The van der Waals surface area contributed by atoms with Gasteiger partial charge in [-0.15, -0.1) is 0 Å². The molecule has 0 saturated carbocycles. The predicted molar refractivity (Wildman–Crippen MR) is 90.2 cm³/mol. The van der Waals surface area contributed by atoms with Crippen molar-refractivity contribution in [2.45, 2.75) is 19.8 Å². The van der Waals surface area contributed by atoms with E-state index in [9.17, 15) is 0 Å². The summed E-state index contributed by atoms with van der Waals surface area (Å²) >= 11 is 0. The summed E-state index contributed by atoms with van der Waals surface area (Å²) in [5.41, 5.74) is 2.48. The summed E-state index contributed by atoms with van der Waals surface area (Å²) < 4.78 is 0. The SMILES string of the molecule is Cc1cc(N2CCN(CCCc3ccccc3)CC2)ncn1. The average molecular weight is 296 g/mol. The number of aromatic nitrogens is 2. The Morgan fingerprint density at radius 3 is 2.50 bits per heavy atom. The van der Waals surface area contributed by atoms with Crippen molar-refractivity contribution in [3.8, 4) is 0 Å². The Kier molecular flexibility index (Phi) is 5.01. The van der Waals surface area contributed by atoms with Crippen LogP contribution in [0.1, 0.15) is 17.7 Å². The molecule has 0 N–H and O–H groups in total. The summed E-state index contributed by atoms with van der Waals surface area (Å²) in [7, 11) is 0. The summed E-state index contributed by atoms with van der Waals surface area (Å²) in [5.74, 6) is 1.07. The van der Waals surface area contributed by atoms with Crippen LogP contribution in [0.5, 0.6) is 0 Å². The van der Waals surface area contributed by atoms with Crippen LogP contribution < -0.4 is 4.90 Å². The molecule has 0 atom stereocenters. The molecule has 0 unspecified atom stereocenters. The molecule has 1 saturated heterocycles. The van der Waals surface area contributed by atoms with Gasteiger partial charge in [0.25, 0.3) is 0 Å². The van der Waals surface area contributed by atoms with Crippen LogP contribution in [0.2, 0.25) is 0 Å². The van der Waals surface area contributed by atoms with Gasteiger partial charge >= 0.3 is 0 Å². The van der Waals surface area contributed by atoms with E-state index >= 15 is 0 Å². The standard InChI is InChI=1S/C18H24N4/c1-16-14-18(20-15-19-16)22-12-10-21(11-13-22)9-5-8-17-6-3-2-4-7-17/h2-4,6-7,14-15H,5,8-13H2,1H3. The third kappa shape index (κ3) is 4.04. The summed E-state index contributed by atoms with van der Waals surface area (Å²) in [6.45, 7) is 7.57. The third-order valence-corrected chi connectivity index (χ3v) is 4.27. The van der Waals surface area contributed by atoms with Gasteiger partial charge in [0.15, 0.2) is 0 Å². The van der Waals surface area contributed by atoms with Gasteiger partial charge in [-0.2, -0.15) is 0 Å². The molecule has 116 valence electrons. The number of hydrogen-bond donors (Lipinski definition) is 0. The first-order chi connectivity index (χ1) is 10.8. The van der Waals surface area contributed by atoms with E-state index < -0.39 is 0 Å². The molecule has 0 bridgehead atoms. The Labute approximate surface area is 132 Å². The predicted octanol–water partition coefficient (Wildman–Crippen LogP) is 2.54. The van der Waals surface area contributed by atoms with Crippen LogP contribution in [-0.4, -0.2) is 47.6 Å². The number of hydrogen-bond acceptors (Lipinski definition) is 4. The molecular formula is C18H24N4. The molecule has 1 aromatic carbocycles. The molecule has 1 aliphatic rings. The number of piperazine rings is 1. The van der Waals surface area contributed by atoms with Gasteiger partial charge in [0, 0.05) is 37.9 Å². The lowest BCUT2D eigenvalue weighted by Crippen LogP contribution is -2.47. The van der Waals surface area contributed by atoms with Crippen molar-refractivity contribution in [2.75, 3.05) is 37.6 Å². The van der Waals surface area contributed by atoms with Gasteiger partial charge in [0.1, 0.15) is 12.1 Å². The van der Waals surface area contributed by atoms with E-state index in [1.165, 1.54) is 24.9 Å². The lowest BCUT2D eigenvalue weighted by molar-refractivity contribution is 0.254. The second kappa shape index (κ2) is 7.36. The van der Waals surface area contributed by atoms with Gasteiger partial charge in [0.05, 0.1) is 0 Å². The molecule has 0 aliphatic carbocycles. The Bertz CT molecular complexity index is 577. The normalized spacial score (nSPS) is 16.0. The molecule has 0 spiro atoms. The van der Waals surface area contributed by atoms with Crippen molar-refractivity contribution in [1.82, 2.24) is 14.9 Å². The highest BCUT2D eigenvalue weighted by Gasteiger charge is 2.17. The number of rotatable bonds is 5. The Morgan fingerprint density at radius 2 is 1.77 bits per heavy atom. The van der Waals surface area contributed by atoms with Crippen LogP contribution in [-0.2, 0) is 6.42 Å². The number of anilines is 1. The Hall–Kier alpha value is -1.94. The molecule has 1 aromatic heterocycles. The van der Waals surface area contributed by atoms with Gasteiger partial charge in [0.2, 0.25) is 0 Å². The highest BCUT2D eigenvalue weighted by molar-refractivity contribution is 5.39. The minimum Gasteiger partial charge on any atom is -0.354 e. The lowest BCUT2D eigenvalue weighted by Gasteiger charge is -2.35. The molecular weight excluding hydrogens is 272 g/mol. The van der Waals surface area contributed by atoms with Gasteiger partial charge in [-0.3, -0.25) is 4.90 Å². The van der Waals surface area contributed by atoms with Gasteiger partial charge in [-0.05, 0) is 31.9 Å². The molecule has 4 nitrogen and oxygen atoms in total. The maximum absolute atomic E-state index is 4.39. The van der Waals surface area contributed by atoms with E-state index in [0.717, 1.165) is 37.7 Å². The smallest absolute Gasteiger partial charge is 0.132 e. The van der Waals surface area contributed by atoms with Crippen LogP contribution in [0.15, 0.2) is 42.7 Å². The summed E-state index contributed by atoms with van der Waals surface area (Å²) in [4.78, 5) is 13.5. The summed E-state index contributed by atoms with van der Waals surface area (Å²) in [5, 5.41) is 0. The third-order valence-electron chi connectivity index (χ3n) is 4.27. The monoisotopic (exact) mass is 296 g/mol. The van der Waals surface area contributed by atoms with Crippen LogP contribution >= 0.6 is 0 Å².